The maximum Gasteiger partial charge on any atom is 0.185 e. The molecule has 3 nitrogen and oxygen atoms in total. The summed E-state index contributed by atoms with van der Waals surface area (Å²) in [7, 11) is 0. The van der Waals surface area contributed by atoms with Gasteiger partial charge >= 0.3 is 0 Å². The predicted molar refractivity (Wildman–Crippen MR) is 80.4 cm³/mol. The third kappa shape index (κ3) is 3.29. The first-order valence-electron chi connectivity index (χ1n) is 5.69. The Labute approximate surface area is 120 Å². The normalized spacial score (nSPS) is 11.0. The van der Waals surface area contributed by atoms with Gasteiger partial charge in [-0.05, 0) is 53.8 Å². The first-order chi connectivity index (χ1) is 8.69. The van der Waals surface area contributed by atoms with Gasteiger partial charge in [0.05, 0.1) is 6.20 Å². The molecule has 0 amide bonds. The molecular formula is C14H13IN2O. The lowest BCUT2D eigenvalue weighted by atomic mass is 10.1. The van der Waals surface area contributed by atoms with E-state index in [2.05, 4.69) is 27.7 Å². The van der Waals surface area contributed by atoms with Crippen LogP contribution in [0.5, 0.6) is 0 Å². The van der Waals surface area contributed by atoms with Gasteiger partial charge in [0, 0.05) is 27.4 Å². The summed E-state index contributed by atoms with van der Waals surface area (Å²) in [6, 6.07) is 7.53. The predicted octanol–water partition coefficient (Wildman–Crippen LogP) is 3.40. The highest BCUT2D eigenvalue weighted by Crippen LogP contribution is 2.09. The molecule has 0 aliphatic rings. The van der Waals surface area contributed by atoms with Crippen LogP contribution in [-0.4, -0.2) is 15.6 Å². The van der Waals surface area contributed by atoms with E-state index < -0.39 is 0 Å². The average molecular weight is 352 g/mol. The van der Waals surface area contributed by atoms with Crippen molar-refractivity contribution in [1.29, 1.82) is 0 Å². The van der Waals surface area contributed by atoms with Crippen molar-refractivity contribution in [3.8, 4) is 0 Å². The molecule has 1 heterocycles. The van der Waals surface area contributed by atoms with Crippen LogP contribution in [0.25, 0.3) is 6.08 Å². The molecule has 0 spiro atoms. The van der Waals surface area contributed by atoms with Crippen molar-refractivity contribution >= 4 is 34.5 Å². The fourth-order valence-corrected chi connectivity index (χ4v) is 1.88. The molecule has 0 fully saturated rings. The molecule has 2 rings (SSSR count). The SMILES string of the molecule is CCn1cc(C=CC(=O)c2ccc(I)cc2)cn1. The first-order valence-corrected chi connectivity index (χ1v) is 6.77. The minimum Gasteiger partial charge on any atom is -0.289 e. The van der Waals surface area contributed by atoms with E-state index >= 15 is 0 Å². The van der Waals surface area contributed by atoms with Crippen molar-refractivity contribution in [1.82, 2.24) is 9.78 Å². The summed E-state index contributed by atoms with van der Waals surface area (Å²) >= 11 is 2.22. The molecule has 0 radical (unpaired) electrons. The summed E-state index contributed by atoms with van der Waals surface area (Å²) < 4.78 is 2.95. The summed E-state index contributed by atoms with van der Waals surface area (Å²) in [5, 5.41) is 4.15. The zero-order valence-corrected chi connectivity index (χ0v) is 12.2. The Bertz CT molecular complexity index is 570. The van der Waals surface area contributed by atoms with Gasteiger partial charge in [-0.15, -0.1) is 0 Å². The number of carbonyl (C=O) groups excluding carboxylic acids is 1. The number of ketones is 1. The van der Waals surface area contributed by atoms with Gasteiger partial charge in [-0.2, -0.15) is 5.10 Å². The van der Waals surface area contributed by atoms with Gasteiger partial charge in [0.2, 0.25) is 0 Å². The Morgan fingerprint density at radius 1 is 1.39 bits per heavy atom. The fraction of sp³-hybridized carbons (Fsp3) is 0.143. The molecule has 0 aliphatic carbocycles. The largest absolute Gasteiger partial charge is 0.289 e. The van der Waals surface area contributed by atoms with Crippen molar-refractivity contribution in [2.24, 2.45) is 0 Å². The Kier molecular flexibility index (Phi) is 4.30. The zero-order chi connectivity index (χ0) is 13.0. The quantitative estimate of drug-likeness (QED) is 0.480. The minimum absolute atomic E-state index is 0.00986. The van der Waals surface area contributed by atoms with E-state index in [4.69, 9.17) is 0 Å². The lowest BCUT2D eigenvalue weighted by Gasteiger charge is -1.95. The van der Waals surface area contributed by atoms with E-state index in [1.165, 1.54) is 0 Å². The lowest BCUT2D eigenvalue weighted by molar-refractivity contribution is 0.104. The lowest BCUT2D eigenvalue weighted by Crippen LogP contribution is -1.93. The highest BCUT2D eigenvalue weighted by molar-refractivity contribution is 14.1. The van der Waals surface area contributed by atoms with E-state index in [9.17, 15) is 4.79 Å². The van der Waals surface area contributed by atoms with Crippen molar-refractivity contribution in [3.05, 3.63) is 57.4 Å². The number of hydrogen-bond acceptors (Lipinski definition) is 2. The summed E-state index contributed by atoms with van der Waals surface area (Å²) in [5.41, 5.74) is 1.64. The van der Waals surface area contributed by atoms with Gasteiger partial charge in [0.1, 0.15) is 0 Å². The van der Waals surface area contributed by atoms with Crippen LogP contribution in [0, 0.1) is 3.57 Å². The number of rotatable bonds is 4. The number of allylic oxidation sites excluding steroid dienone is 1. The second kappa shape index (κ2) is 5.95. The number of carbonyl (C=O) groups is 1. The molecule has 0 bridgehead atoms. The van der Waals surface area contributed by atoms with Crippen LogP contribution in [0.4, 0.5) is 0 Å². The molecular weight excluding hydrogens is 339 g/mol. The van der Waals surface area contributed by atoms with Gasteiger partial charge in [-0.25, -0.2) is 0 Å². The number of benzene rings is 1. The Hall–Kier alpha value is -1.43. The Morgan fingerprint density at radius 2 is 2.11 bits per heavy atom. The molecule has 0 aliphatic heterocycles. The molecule has 1 aromatic heterocycles. The summed E-state index contributed by atoms with van der Waals surface area (Å²) in [5.74, 6) is 0.00986. The van der Waals surface area contributed by atoms with Crippen molar-refractivity contribution in [3.63, 3.8) is 0 Å². The maximum atomic E-state index is 11.9. The van der Waals surface area contributed by atoms with E-state index in [-0.39, 0.29) is 5.78 Å². The van der Waals surface area contributed by atoms with Gasteiger partial charge in [-0.1, -0.05) is 12.1 Å². The van der Waals surface area contributed by atoms with Crippen LogP contribution in [0.2, 0.25) is 0 Å². The number of aromatic nitrogens is 2. The fourth-order valence-electron chi connectivity index (χ4n) is 1.52. The van der Waals surface area contributed by atoms with Crippen LogP contribution in [0.3, 0.4) is 0 Å². The average Bonchev–Trinajstić information content (AvgIpc) is 2.85. The third-order valence-corrected chi connectivity index (χ3v) is 3.25. The smallest absolute Gasteiger partial charge is 0.185 e. The van der Waals surface area contributed by atoms with Crippen molar-refractivity contribution < 1.29 is 4.79 Å². The molecule has 92 valence electrons. The second-order valence-corrected chi connectivity index (χ2v) is 5.08. The van der Waals surface area contributed by atoms with Crippen LogP contribution in [0.15, 0.2) is 42.7 Å². The second-order valence-electron chi connectivity index (χ2n) is 3.83. The topological polar surface area (TPSA) is 34.9 Å². The number of nitrogens with zero attached hydrogens (tertiary/aromatic N) is 2. The van der Waals surface area contributed by atoms with Crippen molar-refractivity contribution in [2.75, 3.05) is 0 Å². The van der Waals surface area contributed by atoms with Gasteiger partial charge in [0.25, 0.3) is 0 Å². The monoisotopic (exact) mass is 352 g/mol. The molecule has 0 saturated heterocycles. The maximum absolute atomic E-state index is 11.9. The van der Waals surface area contributed by atoms with Crippen molar-refractivity contribution in [2.45, 2.75) is 13.5 Å². The third-order valence-electron chi connectivity index (χ3n) is 2.53. The van der Waals surface area contributed by atoms with Crippen LogP contribution < -0.4 is 0 Å². The molecule has 0 unspecified atom stereocenters. The van der Waals surface area contributed by atoms with E-state index in [1.54, 1.807) is 18.3 Å². The highest BCUT2D eigenvalue weighted by Gasteiger charge is 2.01. The molecule has 18 heavy (non-hydrogen) atoms. The van der Waals surface area contributed by atoms with E-state index in [0.717, 1.165) is 15.7 Å². The molecule has 0 saturated carbocycles. The standard InChI is InChI=1S/C14H13IN2O/c1-2-17-10-11(9-16-17)3-8-14(18)12-4-6-13(15)7-5-12/h3-10H,2H2,1H3. The molecule has 0 atom stereocenters. The van der Waals surface area contributed by atoms with Crippen LogP contribution in [0.1, 0.15) is 22.8 Å². The Morgan fingerprint density at radius 3 is 2.72 bits per heavy atom. The van der Waals surface area contributed by atoms with Gasteiger partial charge < -0.3 is 0 Å². The number of hydrogen-bond donors (Lipinski definition) is 0. The molecule has 4 heteroatoms. The first kappa shape index (κ1) is 13.0. The van der Waals surface area contributed by atoms with Gasteiger partial charge in [-0.3, -0.25) is 9.48 Å². The number of aryl methyl sites for hydroxylation is 1. The van der Waals surface area contributed by atoms with Gasteiger partial charge in [0.15, 0.2) is 5.78 Å². The van der Waals surface area contributed by atoms with Crippen LogP contribution >= 0.6 is 22.6 Å². The summed E-state index contributed by atoms with van der Waals surface area (Å²) in [6.07, 6.45) is 7.04. The summed E-state index contributed by atoms with van der Waals surface area (Å²) in [4.78, 5) is 11.9. The highest BCUT2D eigenvalue weighted by atomic mass is 127. The molecule has 2 aromatic rings. The van der Waals surface area contributed by atoms with Crippen LogP contribution in [-0.2, 0) is 6.54 Å². The van der Waals surface area contributed by atoms with E-state index in [0.29, 0.717) is 5.56 Å². The van der Waals surface area contributed by atoms with E-state index in [1.807, 2.05) is 42.1 Å². The Balaban J connectivity index is 2.09. The molecule has 0 N–H and O–H groups in total. The number of halogens is 1. The molecule has 1 aromatic carbocycles. The summed E-state index contributed by atoms with van der Waals surface area (Å²) in [6.45, 7) is 2.86. The zero-order valence-electron chi connectivity index (χ0n) is 10.0. The minimum atomic E-state index is 0.00986.